The van der Waals surface area contributed by atoms with Crippen molar-refractivity contribution in [3.05, 3.63) is 53.6 Å². The average Bonchev–Trinajstić information content (AvgIpc) is 2.50. The van der Waals surface area contributed by atoms with Crippen LogP contribution in [-0.4, -0.2) is 32.0 Å². The zero-order valence-electron chi connectivity index (χ0n) is 12.7. The van der Waals surface area contributed by atoms with Crippen molar-refractivity contribution in [3.8, 4) is 16.9 Å². The van der Waals surface area contributed by atoms with Crippen LogP contribution in [0.4, 0.5) is 0 Å². The molecule has 24 heavy (non-hydrogen) atoms. The van der Waals surface area contributed by atoms with Gasteiger partial charge < -0.3 is 25.7 Å². The molecule has 0 radical (unpaired) electrons. The first-order valence-corrected chi connectivity index (χ1v) is 8.90. The number of hydrogen-bond acceptors (Lipinski definition) is 4. The van der Waals surface area contributed by atoms with Crippen LogP contribution in [0.3, 0.4) is 0 Å². The van der Waals surface area contributed by atoms with E-state index in [0.29, 0.717) is 5.56 Å². The fourth-order valence-corrected chi connectivity index (χ4v) is 3.06. The third-order valence-electron chi connectivity index (χ3n) is 3.51. The van der Waals surface area contributed by atoms with Gasteiger partial charge in [-0.05, 0) is 28.8 Å². The first-order valence-electron chi connectivity index (χ1n) is 7.10. The van der Waals surface area contributed by atoms with E-state index in [4.69, 9.17) is 10.8 Å². The molecule has 0 heterocycles. The van der Waals surface area contributed by atoms with Gasteiger partial charge in [0, 0.05) is 12.0 Å². The van der Waals surface area contributed by atoms with Crippen LogP contribution in [0.1, 0.15) is 11.1 Å². The van der Waals surface area contributed by atoms with E-state index in [2.05, 4.69) is 0 Å². The Kier molecular flexibility index (Phi) is 5.41. The van der Waals surface area contributed by atoms with Gasteiger partial charge in [0.2, 0.25) is 0 Å². The molecule has 0 unspecified atom stereocenters. The molecule has 0 aromatic heterocycles. The molecule has 0 aliphatic heterocycles. The summed E-state index contributed by atoms with van der Waals surface area (Å²) in [5.74, 6) is -1.56. The van der Waals surface area contributed by atoms with Gasteiger partial charge in [-0.1, -0.05) is 30.3 Å². The van der Waals surface area contributed by atoms with Gasteiger partial charge in [-0.25, -0.2) is 0 Å². The normalized spacial score (nSPS) is 12.8. The molecular weight excluding hydrogens is 333 g/mol. The van der Waals surface area contributed by atoms with Gasteiger partial charge in [-0.3, -0.25) is 9.36 Å². The van der Waals surface area contributed by atoms with Gasteiger partial charge in [0.05, 0.1) is 6.16 Å². The molecule has 2 aromatic carbocycles. The van der Waals surface area contributed by atoms with E-state index >= 15 is 0 Å². The van der Waals surface area contributed by atoms with Crippen molar-refractivity contribution in [1.29, 1.82) is 0 Å². The second-order valence-electron chi connectivity index (χ2n) is 5.48. The van der Waals surface area contributed by atoms with E-state index in [1.54, 1.807) is 30.3 Å². The first kappa shape index (κ1) is 18.2. The van der Waals surface area contributed by atoms with Crippen molar-refractivity contribution in [2.45, 2.75) is 18.6 Å². The summed E-state index contributed by atoms with van der Waals surface area (Å²) >= 11 is 0. The van der Waals surface area contributed by atoms with Gasteiger partial charge in [0.25, 0.3) is 0 Å². The highest BCUT2D eigenvalue weighted by Gasteiger charge is 2.22. The summed E-state index contributed by atoms with van der Waals surface area (Å²) in [7, 11) is -4.41. The van der Waals surface area contributed by atoms with Crippen LogP contribution in [0.25, 0.3) is 11.1 Å². The number of carboxylic acids is 1. The molecule has 8 heteroatoms. The molecule has 0 amide bonds. The molecular formula is C16H18NO6P. The lowest BCUT2D eigenvalue weighted by Gasteiger charge is -2.15. The summed E-state index contributed by atoms with van der Waals surface area (Å²) in [6, 6.07) is 10.9. The molecule has 0 saturated heterocycles. The molecule has 7 nitrogen and oxygen atoms in total. The minimum absolute atomic E-state index is 0.0530. The SMILES string of the molecule is N[C@H](Cc1cc(-c2ccccc2)cc(CP(=O)(O)O)c1O)C(=O)O. The Balaban J connectivity index is 2.54. The minimum Gasteiger partial charge on any atom is -0.507 e. The number of nitrogens with two attached hydrogens (primary N) is 1. The minimum atomic E-state index is -4.41. The summed E-state index contributed by atoms with van der Waals surface area (Å²) in [5.41, 5.74) is 7.19. The molecule has 2 aromatic rings. The van der Waals surface area contributed by atoms with Crippen molar-refractivity contribution < 1.29 is 29.4 Å². The van der Waals surface area contributed by atoms with E-state index in [1.165, 1.54) is 6.07 Å². The van der Waals surface area contributed by atoms with Crippen LogP contribution in [0.2, 0.25) is 0 Å². The van der Waals surface area contributed by atoms with Crippen LogP contribution >= 0.6 is 7.60 Å². The van der Waals surface area contributed by atoms with Crippen LogP contribution in [0, 0.1) is 0 Å². The number of benzene rings is 2. The van der Waals surface area contributed by atoms with Gasteiger partial charge in [0.1, 0.15) is 11.8 Å². The van der Waals surface area contributed by atoms with Crippen molar-refractivity contribution >= 4 is 13.6 Å². The van der Waals surface area contributed by atoms with E-state index in [-0.39, 0.29) is 23.3 Å². The van der Waals surface area contributed by atoms with Gasteiger partial charge in [-0.2, -0.15) is 0 Å². The van der Waals surface area contributed by atoms with E-state index in [0.717, 1.165) is 5.56 Å². The molecule has 0 aliphatic carbocycles. The Labute approximate surface area is 138 Å². The molecule has 128 valence electrons. The molecule has 0 spiro atoms. The largest absolute Gasteiger partial charge is 0.507 e. The highest BCUT2D eigenvalue weighted by Crippen LogP contribution is 2.43. The summed E-state index contributed by atoms with van der Waals surface area (Å²) in [4.78, 5) is 29.4. The number of carboxylic acid groups (broad SMARTS) is 1. The quantitative estimate of drug-likeness (QED) is 0.499. The molecule has 0 fully saturated rings. The smallest absolute Gasteiger partial charge is 0.330 e. The Morgan fingerprint density at radius 1 is 1.08 bits per heavy atom. The molecule has 0 aliphatic rings. The van der Waals surface area contributed by atoms with Crippen LogP contribution < -0.4 is 5.73 Å². The Hall–Kier alpha value is -2.18. The lowest BCUT2D eigenvalue weighted by Crippen LogP contribution is -2.32. The van der Waals surface area contributed by atoms with Gasteiger partial charge >= 0.3 is 13.6 Å². The van der Waals surface area contributed by atoms with Crippen molar-refractivity contribution in [2.24, 2.45) is 5.73 Å². The Morgan fingerprint density at radius 3 is 2.21 bits per heavy atom. The molecule has 2 rings (SSSR count). The highest BCUT2D eigenvalue weighted by atomic mass is 31.2. The number of phenolic OH excluding ortho intramolecular Hbond substituents is 1. The van der Waals surface area contributed by atoms with Crippen LogP contribution in [0.15, 0.2) is 42.5 Å². The average molecular weight is 351 g/mol. The first-order chi connectivity index (χ1) is 11.2. The predicted molar refractivity (Wildman–Crippen MR) is 88.6 cm³/mol. The molecule has 0 bridgehead atoms. The van der Waals surface area contributed by atoms with Crippen LogP contribution in [0.5, 0.6) is 5.75 Å². The van der Waals surface area contributed by atoms with Gasteiger partial charge in [-0.15, -0.1) is 0 Å². The molecule has 6 N–H and O–H groups in total. The topological polar surface area (TPSA) is 141 Å². The van der Waals surface area contributed by atoms with E-state index < -0.39 is 25.8 Å². The monoisotopic (exact) mass is 351 g/mol. The number of carbonyl (C=O) groups is 1. The standard InChI is InChI=1S/C16H18NO6P/c17-14(16(19)20)8-12-6-11(10-4-2-1-3-5-10)7-13(15(12)18)9-24(21,22)23/h1-7,14,18H,8-9,17H2,(H,19,20)(H2,21,22,23)/t14-/m1/s1. The number of aromatic hydroxyl groups is 1. The third-order valence-corrected chi connectivity index (χ3v) is 4.26. The van der Waals surface area contributed by atoms with Crippen molar-refractivity contribution in [3.63, 3.8) is 0 Å². The number of phenols is 1. The van der Waals surface area contributed by atoms with E-state index in [9.17, 15) is 24.3 Å². The second kappa shape index (κ2) is 7.15. The maximum atomic E-state index is 11.3. The third kappa shape index (κ3) is 4.66. The van der Waals surface area contributed by atoms with Crippen LogP contribution in [-0.2, 0) is 21.9 Å². The van der Waals surface area contributed by atoms with E-state index in [1.807, 2.05) is 6.07 Å². The summed E-state index contributed by atoms with van der Waals surface area (Å²) < 4.78 is 11.3. The Bertz CT molecular complexity index is 787. The zero-order chi connectivity index (χ0) is 17.9. The lowest BCUT2D eigenvalue weighted by atomic mass is 9.96. The molecule has 0 saturated carbocycles. The number of aliphatic carboxylic acids is 1. The fourth-order valence-electron chi connectivity index (χ4n) is 2.38. The van der Waals surface area contributed by atoms with Crippen molar-refractivity contribution in [2.75, 3.05) is 0 Å². The maximum Gasteiger partial charge on any atom is 0.330 e. The van der Waals surface area contributed by atoms with Gasteiger partial charge in [0.15, 0.2) is 0 Å². The van der Waals surface area contributed by atoms with Crippen molar-refractivity contribution in [1.82, 2.24) is 0 Å². The Morgan fingerprint density at radius 2 is 1.67 bits per heavy atom. The predicted octanol–water partition coefficient (Wildman–Crippen LogP) is 1.69. The summed E-state index contributed by atoms with van der Waals surface area (Å²) in [5, 5.41) is 19.2. The fraction of sp³-hybridized carbons (Fsp3) is 0.188. The summed E-state index contributed by atoms with van der Waals surface area (Å²) in [6.45, 7) is 0. The summed E-state index contributed by atoms with van der Waals surface area (Å²) in [6.07, 6.45) is -0.801. The highest BCUT2D eigenvalue weighted by molar-refractivity contribution is 7.50. The maximum absolute atomic E-state index is 11.3. The zero-order valence-corrected chi connectivity index (χ0v) is 13.6. The lowest BCUT2D eigenvalue weighted by molar-refractivity contribution is -0.138. The number of hydrogen-bond donors (Lipinski definition) is 5. The second-order valence-corrected chi connectivity index (χ2v) is 7.13. The molecule has 1 atom stereocenters. The number of rotatable bonds is 6.